The lowest BCUT2D eigenvalue weighted by atomic mass is 10.1. The van der Waals surface area contributed by atoms with Crippen LogP contribution in [0.3, 0.4) is 0 Å². The summed E-state index contributed by atoms with van der Waals surface area (Å²) in [6.45, 7) is 3.56. The summed E-state index contributed by atoms with van der Waals surface area (Å²) in [7, 11) is 0. The summed E-state index contributed by atoms with van der Waals surface area (Å²) >= 11 is 6.12. The van der Waals surface area contributed by atoms with Gasteiger partial charge in [0.25, 0.3) is 0 Å². The van der Waals surface area contributed by atoms with Crippen molar-refractivity contribution in [2.24, 2.45) is 5.92 Å². The van der Waals surface area contributed by atoms with Crippen LogP contribution in [0.25, 0.3) is 0 Å². The predicted molar refractivity (Wildman–Crippen MR) is 81.3 cm³/mol. The number of halogens is 1. The van der Waals surface area contributed by atoms with Gasteiger partial charge in [0.1, 0.15) is 6.04 Å². The number of benzene rings is 1. The third kappa shape index (κ3) is 3.85. The summed E-state index contributed by atoms with van der Waals surface area (Å²) in [6, 6.07) is 6.58. The molecule has 1 aliphatic carbocycles. The summed E-state index contributed by atoms with van der Waals surface area (Å²) in [5.41, 5.74) is 0.956. The van der Waals surface area contributed by atoms with Crippen molar-refractivity contribution in [3.8, 4) is 0 Å². The molecule has 0 spiro atoms. The summed E-state index contributed by atoms with van der Waals surface area (Å²) < 4.78 is 0. The zero-order chi connectivity index (χ0) is 15.4. The molecule has 112 valence electrons. The zero-order valence-corrected chi connectivity index (χ0v) is 12.3. The largest absolute Gasteiger partial charge is 0.480 e. The van der Waals surface area contributed by atoms with E-state index in [1.165, 1.54) is 0 Å². The second-order valence-electron chi connectivity index (χ2n) is 5.24. The number of nitrogens with one attached hydrogen (secondary N) is 1. The maximum absolute atomic E-state index is 12.1. The monoisotopic (exact) mass is 307 g/mol. The molecule has 0 radical (unpaired) electrons. The number of carboxylic acids is 1. The van der Waals surface area contributed by atoms with Crippen molar-refractivity contribution in [2.45, 2.75) is 31.2 Å². The van der Waals surface area contributed by atoms with Gasteiger partial charge >= 0.3 is 5.97 Å². The molecule has 0 aliphatic heterocycles. The highest BCUT2D eigenvalue weighted by Gasteiger charge is 2.45. The normalized spacial score (nSPS) is 21.4. The van der Waals surface area contributed by atoms with Crippen LogP contribution in [0.15, 0.2) is 36.9 Å². The van der Waals surface area contributed by atoms with E-state index in [0.717, 1.165) is 5.56 Å². The van der Waals surface area contributed by atoms with Crippen molar-refractivity contribution in [3.63, 3.8) is 0 Å². The quantitative estimate of drug-likeness (QED) is 0.761. The fraction of sp³-hybridized carbons (Fsp3) is 0.375. The molecule has 0 aromatic heterocycles. The van der Waals surface area contributed by atoms with E-state index in [9.17, 15) is 9.59 Å². The lowest BCUT2D eigenvalue weighted by Crippen LogP contribution is -2.41. The van der Waals surface area contributed by atoms with Gasteiger partial charge in [-0.25, -0.2) is 4.79 Å². The molecule has 1 aliphatic rings. The fourth-order valence-corrected chi connectivity index (χ4v) is 2.70. The van der Waals surface area contributed by atoms with Crippen LogP contribution in [0.5, 0.6) is 0 Å². The molecular formula is C16H18ClNO3. The topological polar surface area (TPSA) is 66.4 Å². The van der Waals surface area contributed by atoms with Crippen molar-refractivity contribution < 1.29 is 14.7 Å². The summed E-state index contributed by atoms with van der Waals surface area (Å²) in [6.07, 6.45) is 3.26. The minimum atomic E-state index is -1.01. The van der Waals surface area contributed by atoms with Crippen LogP contribution in [0.2, 0.25) is 5.02 Å². The molecule has 1 aromatic carbocycles. The number of carboxylic acid groups (broad SMARTS) is 1. The molecule has 3 unspecified atom stereocenters. The Hall–Kier alpha value is -1.81. The standard InChI is InChI=1S/C16H18ClNO3/c1-2-3-8-14(16(20)21)18-15(19)12-9-11(12)10-6-4-5-7-13(10)17/h2,4-7,11-12,14H,1,3,8-9H2,(H,18,19)(H,20,21). The molecule has 5 heteroatoms. The Morgan fingerprint density at radius 3 is 2.81 bits per heavy atom. The fourth-order valence-electron chi connectivity index (χ4n) is 2.42. The number of hydrogen-bond acceptors (Lipinski definition) is 2. The number of allylic oxidation sites excluding steroid dienone is 1. The zero-order valence-electron chi connectivity index (χ0n) is 11.6. The van der Waals surface area contributed by atoms with Crippen molar-refractivity contribution in [1.29, 1.82) is 0 Å². The number of aliphatic carboxylic acids is 1. The molecule has 1 aromatic rings. The minimum Gasteiger partial charge on any atom is -0.480 e. The van der Waals surface area contributed by atoms with E-state index in [0.29, 0.717) is 24.3 Å². The summed E-state index contributed by atoms with van der Waals surface area (Å²) in [5.74, 6) is -1.32. The van der Waals surface area contributed by atoms with E-state index in [1.807, 2.05) is 18.2 Å². The van der Waals surface area contributed by atoms with Crippen molar-refractivity contribution >= 4 is 23.5 Å². The van der Waals surface area contributed by atoms with Gasteiger partial charge < -0.3 is 10.4 Å². The van der Waals surface area contributed by atoms with E-state index in [4.69, 9.17) is 16.7 Å². The second-order valence-corrected chi connectivity index (χ2v) is 5.64. The molecule has 0 bridgehead atoms. The average Bonchev–Trinajstić information content (AvgIpc) is 3.23. The molecule has 4 nitrogen and oxygen atoms in total. The first-order valence-corrected chi connectivity index (χ1v) is 7.31. The molecule has 1 amide bonds. The number of hydrogen-bond donors (Lipinski definition) is 2. The van der Waals surface area contributed by atoms with Crippen molar-refractivity contribution in [1.82, 2.24) is 5.32 Å². The Balaban J connectivity index is 1.95. The van der Waals surface area contributed by atoms with Gasteiger partial charge in [0.2, 0.25) is 5.91 Å². The van der Waals surface area contributed by atoms with Gasteiger partial charge in [-0.05, 0) is 36.8 Å². The van der Waals surface area contributed by atoms with E-state index < -0.39 is 12.0 Å². The van der Waals surface area contributed by atoms with Crippen LogP contribution in [0, 0.1) is 5.92 Å². The number of carbonyl (C=O) groups is 2. The highest BCUT2D eigenvalue weighted by Crippen LogP contribution is 2.49. The predicted octanol–water partition coefficient (Wildman–Crippen LogP) is 2.98. The minimum absolute atomic E-state index is 0.0903. The lowest BCUT2D eigenvalue weighted by Gasteiger charge is -2.13. The number of rotatable bonds is 7. The smallest absolute Gasteiger partial charge is 0.326 e. The Labute approximate surface area is 128 Å². The maximum Gasteiger partial charge on any atom is 0.326 e. The lowest BCUT2D eigenvalue weighted by molar-refractivity contribution is -0.142. The van der Waals surface area contributed by atoms with Gasteiger partial charge in [0.15, 0.2) is 0 Å². The first-order valence-electron chi connectivity index (χ1n) is 6.93. The molecule has 0 saturated heterocycles. The van der Waals surface area contributed by atoms with Crippen LogP contribution in [0.1, 0.15) is 30.7 Å². The van der Waals surface area contributed by atoms with Gasteiger partial charge in [0, 0.05) is 10.9 Å². The van der Waals surface area contributed by atoms with Gasteiger partial charge in [-0.1, -0.05) is 35.9 Å². The van der Waals surface area contributed by atoms with E-state index >= 15 is 0 Å². The Bertz CT molecular complexity index is 558. The Kier molecular flexibility index (Phi) is 5.02. The van der Waals surface area contributed by atoms with Crippen LogP contribution < -0.4 is 5.32 Å². The molecule has 0 heterocycles. The Morgan fingerprint density at radius 1 is 1.48 bits per heavy atom. The SMILES string of the molecule is C=CCCC(NC(=O)C1CC1c1ccccc1Cl)C(=O)O. The van der Waals surface area contributed by atoms with Gasteiger partial charge in [-0.15, -0.1) is 6.58 Å². The second kappa shape index (κ2) is 6.76. The molecule has 3 atom stereocenters. The summed E-state index contributed by atoms with van der Waals surface area (Å²) in [4.78, 5) is 23.3. The maximum atomic E-state index is 12.1. The van der Waals surface area contributed by atoms with E-state index in [-0.39, 0.29) is 17.7 Å². The first kappa shape index (κ1) is 15.6. The molecule has 21 heavy (non-hydrogen) atoms. The molecule has 1 saturated carbocycles. The van der Waals surface area contributed by atoms with Crippen molar-refractivity contribution in [2.75, 3.05) is 0 Å². The molecular weight excluding hydrogens is 290 g/mol. The first-order chi connectivity index (χ1) is 10.0. The van der Waals surface area contributed by atoms with Crippen molar-refractivity contribution in [3.05, 3.63) is 47.5 Å². The number of amides is 1. The van der Waals surface area contributed by atoms with Crippen LogP contribution in [0.4, 0.5) is 0 Å². The highest BCUT2D eigenvalue weighted by atomic mass is 35.5. The van der Waals surface area contributed by atoms with Crippen LogP contribution in [-0.4, -0.2) is 23.0 Å². The molecule has 1 fully saturated rings. The van der Waals surface area contributed by atoms with E-state index in [2.05, 4.69) is 11.9 Å². The Morgan fingerprint density at radius 2 is 2.19 bits per heavy atom. The van der Waals surface area contributed by atoms with Gasteiger partial charge in [-0.3, -0.25) is 4.79 Å². The molecule has 2 rings (SSSR count). The van der Waals surface area contributed by atoms with E-state index in [1.54, 1.807) is 12.1 Å². The summed E-state index contributed by atoms with van der Waals surface area (Å²) in [5, 5.41) is 12.4. The highest BCUT2D eigenvalue weighted by molar-refractivity contribution is 6.31. The third-order valence-electron chi connectivity index (χ3n) is 3.71. The number of carbonyl (C=O) groups excluding carboxylic acids is 1. The third-order valence-corrected chi connectivity index (χ3v) is 4.05. The average molecular weight is 308 g/mol. The van der Waals surface area contributed by atoms with Gasteiger partial charge in [0.05, 0.1) is 0 Å². The van der Waals surface area contributed by atoms with Gasteiger partial charge in [-0.2, -0.15) is 0 Å². The van der Waals surface area contributed by atoms with Crippen LogP contribution in [-0.2, 0) is 9.59 Å². The van der Waals surface area contributed by atoms with Crippen LogP contribution >= 0.6 is 11.6 Å². The molecule has 2 N–H and O–H groups in total.